The average molecular weight is 297 g/mol. The molecule has 0 saturated carbocycles. The number of benzene rings is 1. The van der Waals surface area contributed by atoms with E-state index in [0.29, 0.717) is 6.54 Å². The van der Waals surface area contributed by atoms with Crippen LogP contribution >= 0.6 is 11.3 Å². The third kappa shape index (κ3) is 3.51. The molecule has 4 nitrogen and oxygen atoms in total. The Labute approximate surface area is 118 Å². The summed E-state index contributed by atoms with van der Waals surface area (Å²) in [5.41, 5.74) is 1.07. The molecule has 0 aliphatic carbocycles. The molecule has 7 heteroatoms. The number of carbonyl (C=O) groups is 1. The highest BCUT2D eigenvalue weighted by molar-refractivity contribution is 7.11. The van der Waals surface area contributed by atoms with E-state index in [1.807, 2.05) is 13.8 Å². The summed E-state index contributed by atoms with van der Waals surface area (Å²) in [5, 5.41) is 6.00. The zero-order chi connectivity index (χ0) is 14.7. The summed E-state index contributed by atoms with van der Waals surface area (Å²) in [6.07, 6.45) is 0. The maximum absolute atomic E-state index is 13.0. The van der Waals surface area contributed by atoms with E-state index in [2.05, 4.69) is 15.6 Å². The Bertz CT molecular complexity index is 643. The fourth-order valence-electron chi connectivity index (χ4n) is 1.65. The zero-order valence-corrected chi connectivity index (χ0v) is 11.8. The minimum Gasteiger partial charge on any atom is -0.333 e. The van der Waals surface area contributed by atoms with Gasteiger partial charge in [0.1, 0.15) is 0 Å². The number of aryl methyl sites for hydroxylation is 2. The molecule has 2 amide bonds. The normalized spacial score (nSPS) is 10.4. The van der Waals surface area contributed by atoms with E-state index in [1.165, 1.54) is 17.4 Å². The van der Waals surface area contributed by atoms with E-state index in [0.717, 1.165) is 27.7 Å². The third-order valence-electron chi connectivity index (χ3n) is 2.59. The summed E-state index contributed by atoms with van der Waals surface area (Å²) in [6.45, 7) is 4.10. The molecule has 0 unspecified atom stereocenters. The van der Waals surface area contributed by atoms with Crippen LogP contribution in [0.5, 0.6) is 0 Å². The summed E-state index contributed by atoms with van der Waals surface area (Å²) in [6, 6.07) is 2.69. The van der Waals surface area contributed by atoms with Crippen molar-refractivity contribution in [1.29, 1.82) is 0 Å². The number of amides is 2. The van der Waals surface area contributed by atoms with Crippen LogP contribution in [0.25, 0.3) is 0 Å². The topological polar surface area (TPSA) is 54.0 Å². The maximum Gasteiger partial charge on any atom is 0.319 e. The first-order chi connectivity index (χ1) is 9.45. The Morgan fingerprint density at radius 1 is 1.30 bits per heavy atom. The van der Waals surface area contributed by atoms with E-state index < -0.39 is 17.7 Å². The van der Waals surface area contributed by atoms with Crippen LogP contribution in [0.2, 0.25) is 0 Å². The molecule has 106 valence electrons. The van der Waals surface area contributed by atoms with Crippen LogP contribution in [-0.2, 0) is 6.54 Å². The monoisotopic (exact) mass is 297 g/mol. The number of nitrogens with zero attached hydrogens (tertiary/aromatic N) is 1. The van der Waals surface area contributed by atoms with Crippen LogP contribution in [0.15, 0.2) is 18.2 Å². The van der Waals surface area contributed by atoms with Crippen molar-refractivity contribution in [2.75, 3.05) is 5.32 Å². The lowest BCUT2D eigenvalue weighted by Crippen LogP contribution is -2.28. The highest BCUT2D eigenvalue weighted by Crippen LogP contribution is 2.17. The van der Waals surface area contributed by atoms with Gasteiger partial charge in [-0.25, -0.2) is 18.6 Å². The Kier molecular flexibility index (Phi) is 4.29. The van der Waals surface area contributed by atoms with E-state index in [4.69, 9.17) is 0 Å². The van der Waals surface area contributed by atoms with Crippen molar-refractivity contribution >= 4 is 23.1 Å². The first-order valence-corrected chi connectivity index (χ1v) is 6.70. The zero-order valence-electron chi connectivity index (χ0n) is 11.0. The largest absolute Gasteiger partial charge is 0.333 e. The molecule has 0 spiro atoms. The number of halogens is 2. The minimum atomic E-state index is -1.00. The lowest BCUT2D eigenvalue weighted by Gasteiger charge is -2.07. The molecule has 0 aliphatic rings. The van der Waals surface area contributed by atoms with E-state index in [-0.39, 0.29) is 5.69 Å². The quantitative estimate of drug-likeness (QED) is 0.912. The van der Waals surface area contributed by atoms with E-state index in [9.17, 15) is 13.6 Å². The first-order valence-electron chi connectivity index (χ1n) is 5.88. The van der Waals surface area contributed by atoms with Crippen molar-refractivity contribution < 1.29 is 13.6 Å². The maximum atomic E-state index is 13.0. The molecule has 1 aromatic carbocycles. The van der Waals surface area contributed by atoms with Gasteiger partial charge in [0.25, 0.3) is 0 Å². The molecule has 0 aliphatic heterocycles. The van der Waals surface area contributed by atoms with Crippen molar-refractivity contribution in [2.24, 2.45) is 0 Å². The number of hydrogen-bond donors (Lipinski definition) is 2. The molecule has 2 N–H and O–H groups in total. The smallest absolute Gasteiger partial charge is 0.319 e. The van der Waals surface area contributed by atoms with Crippen LogP contribution in [-0.4, -0.2) is 11.0 Å². The molecular formula is C13H13F2N3OS. The van der Waals surface area contributed by atoms with Crippen molar-refractivity contribution in [3.63, 3.8) is 0 Å². The molecule has 0 bridgehead atoms. The fraction of sp³-hybridized carbons (Fsp3) is 0.231. The Morgan fingerprint density at radius 3 is 2.65 bits per heavy atom. The first kappa shape index (κ1) is 14.4. The Morgan fingerprint density at radius 2 is 2.05 bits per heavy atom. The molecule has 0 fully saturated rings. The van der Waals surface area contributed by atoms with Gasteiger partial charge in [-0.2, -0.15) is 0 Å². The van der Waals surface area contributed by atoms with Gasteiger partial charge in [0.05, 0.1) is 17.2 Å². The number of urea groups is 1. The van der Waals surface area contributed by atoms with Gasteiger partial charge in [-0.15, -0.1) is 11.3 Å². The minimum absolute atomic E-state index is 0.193. The van der Waals surface area contributed by atoms with E-state index >= 15 is 0 Å². The molecule has 20 heavy (non-hydrogen) atoms. The number of rotatable bonds is 3. The number of carbonyl (C=O) groups excluding carboxylic acids is 1. The van der Waals surface area contributed by atoms with Gasteiger partial charge in [0, 0.05) is 16.6 Å². The van der Waals surface area contributed by atoms with E-state index in [1.54, 1.807) is 0 Å². The molecule has 0 radical (unpaired) electrons. The lowest BCUT2D eigenvalue weighted by atomic mass is 10.3. The predicted molar refractivity (Wildman–Crippen MR) is 73.8 cm³/mol. The van der Waals surface area contributed by atoms with Crippen LogP contribution in [0, 0.1) is 25.5 Å². The van der Waals surface area contributed by atoms with Crippen LogP contribution in [0.4, 0.5) is 19.3 Å². The van der Waals surface area contributed by atoms with Gasteiger partial charge in [-0.3, -0.25) is 0 Å². The third-order valence-corrected chi connectivity index (χ3v) is 3.66. The van der Waals surface area contributed by atoms with Gasteiger partial charge < -0.3 is 10.6 Å². The number of nitrogens with one attached hydrogen (secondary N) is 2. The SMILES string of the molecule is Cc1nc(C)c(CNC(=O)Nc2ccc(F)c(F)c2)s1. The Balaban J connectivity index is 1.92. The number of anilines is 1. The van der Waals surface area contributed by atoms with Gasteiger partial charge in [0.15, 0.2) is 11.6 Å². The second-order valence-electron chi connectivity index (χ2n) is 4.18. The molecule has 2 rings (SSSR count). The van der Waals surface area contributed by atoms with Crippen molar-refractivity contribution in [2.45, 2.75) is 20.4 Å². The molecular weight excluding hydrogens is 284 g/mol. The molecule has 0 atom stereocenters. The molecule has 2 aromatic rings. The highest BCUT2D eigenvalue weighted by atomic mass is 32.1. The summed E-state index contributed by atoms with van der Waals surface area (Å²) in [7, 11) is 0. The second kappa shape index (κ2) is 5.96. The van der Waals surface area contributed by atoms with Gasteiger partial charge in [-0.1, -0.05) is 0 Å². The fourth-order valence-corrected chi connectivity index (χ4v) is 2.52. The lowest BCUT2D eigenvalue weighted by molar-refractivity contribution is 0.252. The number of thiazole rings is 1. The summed E-state index contributed by atoms with van der Waals surface area (Å²) in [4.78, 5) is 16.9. The molecule has 0 saturated heterocycles. The number of hydrogen-bond acceptors (Lipinski definition) is 3. The van der Waals surface area contributed by atoms with Crippen LogP contribution < -0.4 is 10.6 Å². The highest BCUT2D eigenvalue weighted by Gasteiger charge is 2.08. The summed E-state index contributed by atoms with van der Waals surface area (Å²) in [5.74, 6) is -1.96. The van der Waals surface area contributed by atoms with Crippen LogP contribution in [0.1, 0.15) is 15.6 Å². The second-order valence-corrected chi connectivity index (χ2v) is 5.47. The van der Waals surface area contributed by atoms with Crippen molar-refractivity contribution in [3.8, 4) is 0 Å². The Hall–Kier alpha value is -2.02. The molecule has 1 aromatic heterocycles. The van der Waals surface area contributed by atoms with Gasteiger partial charge in [0.2, 0.25) is 0 Å². The standard InChI is InChI=1S/C13H13F2N3OS/c1-7-12(20-8(2)17-7)6-16-13(19)18-9-3-4-10(14)11(15)5-9/h3-5H,6H2,1-2H3,(H2,16,18,19). The van der Waals surface area contributed by atoms with Crippen LogP contribution in [0.3, 0.4) is 0 Å². The average Bonchev–Trinajstić information content (AvgIpc) is 2.70. The van der Waals surface area contributed by atoms with Gasteiger partial charge >= 0.3 is 6.03 Å². The predicted octanol–water partition coefficient (Wildman–Crippen LogP) is 3.36. The van der Waals surface area contributed by atoms with Crippen molar-refractivity contribution in [1.82, 2.24) is 10.3 Å². The van der Waals surface area contributed by atoms with Crippen molar-refractivity contribution in [3.05, 3.63) is 45.4 Å². The molecule has 1 heterocycles. The number of aromatic nitrogens is 1. The van der Waals surface area contributed by atoms with Gasteiger partial charge in [-0.05, 0) is 26.0 Å². The summed E-state index contributed by atoms with van der Waals surface area (Å²) < 4.78 is 25.7. The summed E-state index contributed by atoms with van der Waals surface area (Å²) >= 11 is 1.50.